The van der Waals surface area contributed by atoms with Crippen molar-refractivity contribution in [3.63, 3.8) is 0 Å². The summed E-state index contributed by atoms with van der Waals surface area (Å²) in [6.45, 7) is 0.287. The average molecular weight is 902 g/mol. The summed E-state index contributed by atoms with van der Waals surface area (Å²) in [5, 5.41) is 8.77. The van der Waals surface area contributed by atoms with Crippen LogP contribution in [0.3, 0.4) is 0 Å². The second kappa shape index (κ2) is 17.2. The third kappa shape index (κ3) is 7.23. The van der Waals surface area contributed by atoms with E-state index in [4.69, 9.17) is 5.26 Å². The van der Waals surface area contributed by atoms with Gasteiger partial charge in [0.1, 0.15) is 52.7 Å². The third-order valence-electron chi connectivity index (χ3n) is 9.12. The van der Waals surface area contributed by atoms with Crippen LogP contribution in [-0.2, 0) is 6.54 Å². The van der Waals surface area contributed by atoms with E-state index in [0.717, 1.165) is 0 Å². The number of ketones is 1. The topological polar surface area (TPSA) is 44.7 Å². The molecule has 62 heavy (non-hydrogen) atoms. The molecule has 0 bridgehead atoms. The van der Waals surface area contributed by atoms with Crippen LogP contribution in [0.15, 0.2) is 54.9 Å². The lowest BCUT2D eigenvalue weighted by atomic mass is 9.12. The molecule has 0 saturated carbocycles. The van der Waals surface area contributed by atoms with E-state index in [9.17, 15) is 57.5 Å². The Morgan fingerprint density at radius 2 is 0.694 bits per heavy atom. The van der Waals surface area contributed by atoms with Crippen LogP contribution in [0, 0.1) is 128 Å². The van der Waals surface area contributed by atoms with Gasteiger partial charge in [0.15, 0.2) is 82.2 Å². The van der Waals surface area contributed by atoms with Gasteiger partial charge in [-0.15, -0.1) is 21.9 Å². The van der Waals surface area contributed by atoms with Crippen LogP contribution in [0.4, 0.5) is 87.8 Å². The fourth-order valence-corrected chi connectivity index (χ4v) is 6.43. The van der Waals surface area contributed by atoms with E-state index in [1.165, 1.54) is 0 Å². The molecule has 6 aromatic rings. The zero-order chi connectivity index (χ0) is 46.4. The molecule has 0 aliphatic rings. The number of hydrogen-bond acceptors (Lipinski definition) is 2. The number of Topliss-reactive ketones (excluding diaryl/α,β-unsaturated/α-hetero) is 1. The van der Waals surface area contributed by atoms with Crippen molar-refractivity contribution < 1.29 is 97.2 Å². The summed E-state index contributed by atoms with van der Waals surface area (Å²) in [5.74, 6) is -71.4. The SMILES string of the molecule is Fc1c(F)c(F)c([B-](c2c(F)c(F)c(F)c(F)c2F)(c2c(F)c(F)c(F)c(F)c2F)c2c(F)c(F)c(F)c(F)c2F)c(F)c1F.N#Cc1cccc(C(=O)C[n+]2ccccc2)c1. The molecule has 0 aliphatic carbocycles. The van der Waals surface area contributed by atoms with E-state index in [1.807, 2.05) is 36.7 Å². The standard InChI is InChI=1S/C24BF20.C14H11N2O/c26-5-1(6(27)14(35)21(42)13(5)34)25(2-7(28)15(36)22(43)16(37)8(2)29,3-9(30)17(38)23(44)18(39)10(3)31)4-11(32)19(40)24(45)20(41)12(4)33;15-10-12-5-4-6-13(9-12)14(17)11-16-7-2-1-3-8-16/h;1-9H,11H2/q-1;+1. The van der Waals surface area contributed by atoms with Crippen LogP contribution in [0.25, 0.3) is 0 Å². The first-order chi connectivity index (χ1) is 29.0. The highest BCUT2D eigenvalue weighted by Crippen LogP contribution is 2.30. The Bertz CT molecular complexity index is 2490. The third-order valence-corrected chi connectivity index (χ3v) is 9.12. The highest BCUT2D eigenvalue weighted by molar-refractivity contribution is 7.20. The molecule has 24 heteroatoms. The maximum Gasteiger partial charge on any atom is 0.227 e. The predicted octanol–water partition coefficient (Wildman–Crippen LogP) is 7.57. The molecule has 0 saturated heterocycles. The summed E-state index contributed by atoms with van der Waals surface area (Å²) in [5.41, 5.74) is -13.3. The minimum atomic E-state index is -7.22. The zero-order valence-electron chi connectivity index (χ0n) is 29.3. The second-order valence-electron chi connectivity index (χ2n) is 12.5. The van der Waals surface area contributed by atoms with Gasteiger partial charge in [-0.2, -0.15) is 9.83 Å². The Labute approximate surface area is 331 Å². The first kappa shape index (κ1) is 46.1. The number of nitriles is 1. The Balaban J connectivity index is 0.000000355. The van der Waals surface area contributed by atoms with Gasteiger partial charge in [-0.3, -0.25) is 4.79 Å². The molecule has 6 rings (SSSR count). The van der Waals surface area contributed by atoms with Gasteiger partial charge in [0.2, 0.25) is 12.3 Å². The first-order valence-corrected chi connectivity index (χ1v) is 16.2. The summed E-state index contributed by atoms with van der Waals surface area (Å²) in [6, 6.07) is 14.4. The number of carbonyl (C=O) groups is 1. The van der Waals surface area contributed by atoms with Crippen molar-refractivity contribution in [3.05, 3.63) is 182 Å². The summed E-state index contributed by atoms with van der Waals surface area (Å²) in [6.07, 6.45) is -3.54. The van der Waals surface area contributed by atoms with E-state index in [-0.39, 0.29) is 12.3 Å². The maximum absolute atomic E-state index is 15.4. The van der Waals surface area contributed by atoms with Crippen molar-refractivity contribution in [2.75, 3.05) is 0 Å². The molecule has 0 atom stereocenters. The maximum atomic E-state index is 15.4. The number of halogens is 20. The molecule has 3 nitrogen and oxygen atoms in total. The Hall–Kier alpha value is -6.93. The van der Waals surface area contributed by atoms with E-state index in [2.05, 4.69) is 0 Å². The Morgan fingerprint density at radius 1 is 0.419 bits per heavy atom. The lowest BCUT2D eigenvalue weighted by Crippen LogP contribution is -2.81. The summed E-state index contributed by atoms with van der Waals surface area (Å²) in [7, 11) is 0. The number of nitrogens with zero attached hydrogens (tertiary/aromatic N) is 2. The molecule has 0 N–H and O–H groups in total. The van der Waals surface area contributed by atoms with Crippen LogP contribution < -0.4 is 26.4 Å². The van der Waals surface area contributed by atoms with Crippen molar-refractivity contribution >= 4 is 33.8 Å². The molecule has 0 radical (unpaired) electrons. The van der Waals surface area contributed by atoms with Gasteiger partial charge < -0.3 is 0 Å². The van der Waals surface area contributed by atoms with Crippen LogP contribution in [-0.4, -0.2) is 11.9 Å². The van der Waals surface area contributed by atoms with Crippen LogP contribution in [0.2, 0.25) is 0 Å². The van der Waals surface area contributed by atoms with Crippen molar-refractivity contribution in [2.45, 2.75) is 6.54 Å². The van der Waals surface area contributed by atoms with Crippen LogP contribution in [0.1, 0.15) is 15.9 Å². The lowest BCUT2D eigenvalue weighted by Gasteiger charge is -2.44. The van der Waals surface area contributed by atoms with Gasteiger partial charge in [0, 0.05) is 17.7 Å². The Morgan fingerprint density at radius 3 is 0.968 bits per heavy atom. The van der Waals surface area contributed by atoms with Crippen molar-refractivity contribution in [1.82, 2.24) is 0 Å². The zero-order valence-corrected chi connectivity index (χ0v) is 29.3. The smallest absolute Gasteiger partial charge is 0.227 e. The highest BCUT2D eigenvalue weighted by Gasteiger charge is 2.52. The molecule has 322 valence electrons. The molecule has 1 heterocycles. The monoisotopic (exact) mass is 902 g/mol. The molecule has 0 spiro atoms. The van der Waals surface area contributed by atoms with E-state index < -0.39 is 144 Å². The van der Waals surface area contributed by atoms with Gasteiger partial charge in [0.25, 0.3) is 0 Å². The van der Waals surface area contributed by atoms with E-state index in [1.54, 1.807) is 28.8 Å². The number of benzene rings is 5. The molecular formula is C38H11BF20N2O. The van der Waals surface area contributed by atoms with Gasteiger partial charge in [-0.05, 0) is 12.1 Å². The minimum Gasteiger partial charge on any atom is -0.287 e. The van der Waals surface area contributed by atoms with Gasteiger partial charge in [0.05, 0.1) is 11.6 Å². The quantitative estimate of drug-likeness (QED) is 0.0415. The van der Waals surface area contributed by atoms with E-state index >= 15 is 35.1 Å². The Kier molecular flexibility index (Phi) is 12.8. The number of aromatic nitrogens is 1. The summed E-state index contributed by atoms with van der Waals surface area (Å²) >= 11 is 0. The molecule has 0 amide bonds. The fraction of sp³-hybridized carbons (Fsp3) is 0.0263. The molecule has 5 aromatic carbocycles. The van der Waals surface area contributed by atoms with Crippen molar-refractivity contribution in [2.24, 2.45) is 0 Å². The van der Waals surface area contributed by atoms with Crippen molar-refractivity contribution in [3.8, 4) is 6.07 Å². The van der Waals surface area contributed by atoms with Crippen molar-refractivity contribution in [1.29, 1.82) is 5.26 Å². The molecule has 0 aliphatic heterocycles. The number of hydrogen-bond donors (Lipinski definition) is 0. The minimum absolute atomic E-state index is 0.00157. The molecule has 0 unspecified atom stereocenters. The highest BCUT2D eigenvalue weighted by atomic mass is 19.2. The normalized spacial score (nSPS) is 11.3. The molecular weight excluding hydrogens is 891 g/mol. The van der Waals surface area contributed by atoms with Gasteiger partial charge in [-0.1, -0.05) is 18.2 Å². The predicted molar refractivity (Wildman–Crippen MR) is 171 cm³/mol. The fourth-order valence-electron chi connectivity index (χ4n) is 6.43. The molecule has 0 fully saturated rings. The lowest BCUT2D eigenvalue weighted by molar-refractivity contribution is -0.683. The number of pyridine rings is 1. The van der Waals surface area contributed by atoms with Crippen LogP contribution >= 0.6 is 0 Å². The largest absolute Gasteiger partial charge is 0.287 e. The number of rotatable bonds is 7. The van der Waals surface area contributed by atoms with Gasteiger partial charge >= 0.3 is 0 Å². The van der Waals surface area contributed by atoms with Gasteiger partial charge in [-0.25, -0.2) is 87.8 Å². The summed E-state index contributed by atoms with van der Waals surface area (Å²) < 4.78 is 296. The van der Waals surface area contributed by atoms with E-state index in [0.29, 0.717) is 11.1 Å². The summed E-state index contributed by atoms with van der Waals surface area (Å²) in [4.78, 5) is 12.0. The second-order valence-corrected chi connectivity index (χ2v) is 12.5. The van der Waals surface area contributed by atoms with Crippen LogP contribution in [0.5, 0.6) is 0 Å². The average Bonchev–Trinajstić information content (AvgIpc) is 3.26. The number of carbonyl (C=O) groups excluding carboxylic acids is 1. The molecule has 1 aromatic heterocycles. The first-order valence-electron chi connectivity index (χ1n) is 16.2.